The zero-order valence-electron chi connectivity index (χ0n) is 14.2. The summed E-state index contributed by atoms with van der Waals surface area (Å²) in [5.74, 6) is 0. The first-order chi connectivity index (χ1) is 9.35. The van der Waals surface area contributed by atoms with E-state index in [0.29, 0.717) is 11.4 Å². The van der Waals surface area contributed by atoms with Crippen LogP contribution in [-0.4, -0.2) is 41.1 Å². The Morgan fingerprint density at radius 1 is 1.10 bits per heavy atom. The van der Waals surface area contributed by atoms with Crippen molar-refractivity contribution >= 4 is 31.4 Å². The summed E-state index contributed by atoms with van der Waals surface area (Å²) in [6.45, 7) is 16.1. The molecule has 0 aliphatic carbocycles. The van der Waals surface area contributed by atoms with Gasteiger partial charge >= 0.3 is 0 Å². The Morgan fingerprint density at radius 3 is 2.10 bits per heavy atom. The number of rotatable bonds is 4. The quantitative estimate of drug-likeness (QED) is 0.624. The zero-order valence-corrected chi connectivity index (χ0v) is 17.0. The van der Waals surface area contributed by atoms with E-state index in [0.717, 1.165) is 10.8 Å². The molecule has 3 nitrogen and oxygen atoms in total. The van der Waals surface area contributed by atoms with Gasteiger partial charge in [0, 0.05) is 12.2 Å². The van der Waals surface area contributed by atoms with Gasteiger partial charge in [-0.2, -0.15) is 4.31 Å². The largest absolute Gasteiger partial charge is 0.243 e. The maximum absolute atomic E-state index is 13.0. The van der Waals surface area contributed by atoms with E-state index in [1.807, 2.05) is 19.1 Å². The summed E-state index contributed by atoms with van der Waals surface area (Å²) in [5.41, 5.74) is 1.40. The highest BCUT2D eigenvalue weighted by Crippen LogP contribution is 2.34. The molecule has 21 heavy (non-hydrogen) atoms. The summed E-state index contributed by atoms with van der Waals surface area (Å²) in [4.78, 5) is 0.549. The minimum Gasteiger partial charge on any atom is -0.207 e. The first kappa shape index (κ1) is 16.9. The van der Waals surface area contributed by atoms with Gasteiger partial charge < -0.3 is 0 Å². The molecule has 0 N–H and O–H groups in total. The maximum atomic E-state index is 13.0. The van der Waals surface area contributed by atoms with Crippen LogP contribution in [0.4, 0.5) is 0 Å². The van der Waals surface area contributed by atoms with Crippen LogP contribution in [0.15, 0.2) is 23.1 Å². The fourth-order valence-corrected chi connectivity index (χ4v) is 10.1. The van der Waals surface area contributed by atoms with Crippen LogP contribution in [0.25, 0.3) is 0 Å². The SMILES string of the molecule is Cc1ccc(S(=O)(=O)N2CC2[Si](C)(C)C)c([Si](C)(C)C)c1. The van der Waals surface area contributed by atoms with Crippen LogP contribution in [-0.2, 0) is 10.0 Å². The number of hydrogen-bond donors (Lipinski definition) is 0. The minimum absolute atomic E-state index is 0.262. The molecule has 2 unspecified atom stereocenters. The van der Waals surface area contributed by atoms with E-state index in [-0.39, 0.29) is 5.67 Å². The second-order valence-electron chi connectivity index (χ2n) is 8.21. The first-order valence-electron chi connectivity index (χ1n) is 7.48. The Hall–Kier alpha value is -0.436. The fraction of sp³-hybridized carbons (Fsp3) is 0.600. The monoisotopic (exact) mass is 341 g/mol. The molecule has 1 aromatic carbocycles. The molecule has 1 aromatic rings. The average molecular weight is 342 g/mol. The Kier molecular flexibility index (Phi) is 4.06. The molecule has 1 fully saturated rings. The molecule has 2 atom stereocenters. The lowest BCUT2D eigenvalue weighted by atomic mass is 10.2. The molecule has 0 aromatic heterocycles. The molecule has 0 amide bonds. The van der Waals surface area contributed by atoms with Crippen molar-refractivity contribution in [3.8, 4) is 0 Å². The Morgan fingerprint density at radius 2 is 1.67 bits per heavy atom. The van der Waals surface area contributed by atoms with Gasteiger partial charge in [-0.05, 0) is 18.2 Å². The summed E-state index contributed by atoms with van der Waals surface area (Å²) in [6.07, 6.45) is 0. The van der Waals surface area contributed by atoms with Crippen LogP contribution in [0, 0.1) is 6.92 Å². The number of nitrogens with zero attached hydrogens (tertiary/aromatic N) is 1. The molecular formula is C15H27NO2SSi2. The van der Waals surface area contributed by atoms with Crippen LogP contribution in [0.3, 0.4) is 0 Å². The molecule has 0 spiro atoms. The summed E-state index contributed by atoms with van der Waals surface area (Å²) in [6, 6.07) is 5.81. The number of benzene rings is 1. The van der Waals surface area contributed by atoms with Crippen molar-refractivity contribution in [2.75, 3.05) is 6.54 Å². The van der Waals surface area contributed by atoms with Gasteiger partial charge in [0.2, 0.25) is 10.0 Å². The molecule has 0 saturated carbocycles. The molecule has 1 heterocycles. The Balaban J connectivity index is 2.48. The van der Waals surface area contributed by atoms with Crippen LogP contribution in [0.2, 0.25) is 39.3 Å². The molecule has 118 valence electrons. The summed E-state index contributed by atoms with van der Waals surface area (Å²) >= 11 is 0. The van der Waals surface area contributed by atoms with Gasteiger partial charge in [0.25, 0.3) is 0 Å². The van der Waals surface area contributed by atoms with Gasteiger partial charge in [-0.1, -0.05) is 57.0 Å². The van der Waals surface area contributed by atoms with Crippen LogP contribution in [0.1, 0.15) is 5.56 Å². The van der Waals surface area contributed by atoms with E-state index in [1.54, 1.807) is 4.31 Å². The van der Waals surface area contributed by atoms with Crippen LogP contribution < -0.4 is 5.19 Å². The Bertz CT molecular complexity index is 657. The highest BCUT2D eigenvalue weighted by atomic mass is 32.2. The molecule has 1 aliphatic rings. The lowest BCUT2D eigenvalue weighted by molar-refractivity contribution is 0.560. The minimum atomic E-state index is -3.33. The van der Waals surface area contributed by atoms with Crippen molar-refractivity contribution in [3.05, 3.63) is 23.8 Å². The number of sulfonamides is 1. The van der Waals surface area contributed by atoms with E-state index in [4.69, 9.17) is 0 Å². The third-order valence-corrected chi connectivity index (χ3v) is 10.9. The van der Waals surface area contributed by atoms with Gasteiger partial charge in [0.05, 0.1) is 21.0 Å². The van der Waals surface area contributed by atoms with Crippen molar-refractivity contribution in [3.63, 3.8) is 0 Å². The molecular weight excluding hydrogens is 314 g/mol. The first-order valence-corrected chi connectivity index (χ1v) is 16.0. The zero-order chi connectivity index (χ0) is 16.2. The molecule has 0 radical (unpaired) electrons. The molecule has 1 saturated heterocycles. The van der Waals surface area contributed by atoms with E-state index < -0.39 is 26.2 Å². The summed E-state index contributed by atoms with van der Waals surface area (Å²) in [7, 11) is -6.47. The van der Waals surface area contributed by atoms with Crippen molar-refractivity contribution in [2.45, 2.75) is 56.8 Å². The third-order valence-electron chi connectivity index (χ3n) is 4.10. The normalized spacial score (nSPS) is 23.2. The molecule has 0 bridgehead atoms. The van der Waals surface area contributed by atoms with Gasteiger partial charge in [0.1, 0.15) is 0 Å². The van der Waals surface area contributed by atoms with Gasteiger partial charge in [-0.3, -0.25) is 0 Å². The van der Waals surface area contributed by atoms with E-state index >= 15 is 0 Å². The highest BCUT2D eigenvalue weighted by molar-refractivity contribution is 7.89. The van der Waals surface area contributed by atoms with Crippen molar-refractivity contribution in [1.82, 2.24) is 4.31 Å². The van der Waals surface area contributed by atoms with Crippen molar-refractivity contribution in [1.29, 1.82) is 0 Å². The summed E-state index contributed by atoms with van der Waals surface area (Å²) in [5, 5.41) is 1.06. The second-order valence-corrected chi connectivity index (χ2v) is 20.5. The topological polar surface area (TPSA) is 37.1 Å². The van der Waals surface area contributed by atoms with E-state index in [9.17, 15) is 8.42 Å². The third kappa shape index (κ3) is 3.33. The van der Waals surface area contributed by atoms with E-state index in [1.165, 1.54) is 0 Å². The summed E-state index contributed by atoms with van der Waals surface area (Å²) < 4.78 is 27.7. The fourth-order valence-electron chi connectivity index (χ4n) is 2.68. The van der Waals surface area contributed by atoms with Crippen molar-refractivity contribution in [2.24, 2.45) is 0 Å². The smallest absolute Gasteiger partial charge is 0.207 e. The van der Waals surface area contributed by atoms with Crippen molar-refractivity contribution < 1.29 is 8.42 Å². The van der Waals surface area contributed by atoms with Gasteiger partial charge in [-0.15, -0.1) is 0 Å². The number of hydrogen-bond acceptors (Lipinski definition) is 2. The van der Waals surface area contributed by atoms with Crippen LogP contribution in [0.5, 0.6) is 0 Å². The van der Waals surface area contributed by atoms with E-state index in [2.05, 4.69) is 45.3 Å². The second kappa shape index (κ2) is 5.04. The molecule has 2 rings (SSSR count). The lowest BCUT2D eigenvalue weighted by Crippen LogP contribution is -2.42. The lowest BCUT2D eigenvalue weighted by Gasteiger charge is -2.23. The maximum Gasteiger partial charge on any atom is 0.243 e. The predicted octanol–water partition coefficient (Wildman–Crippen LogP) is 2.79. The Labute approximate surface area is 131 Å². The molecule has 6 heteroatoms. The number of aryl methyl sites for hydroxylation is 1. The van der Waals surface area contributed by atoms with Gasteiger partial charge in [0.15, 0.2) is 0 Å². The predicted molar refractivity (Wildman–Crippen MR) is 95.2 cm³/mol. The average Bonchev–Trinajstić information content (AvgIpc) is 3.06. The molecule has 1 aliphatic heterocycles. The highest BCUT2D eigenvalue weighted by Gasteiger charge is 2.52. The van der Waals surface area contributed by atoms with Gasteiger partial charge in [-0.25, -0.2) is 8.42 Å². The standard InChI is InChI=1S/C15H27NO2SSi2/c1-12-8-9-13(14(10-12)20(2,3)4)19(17,18)16-11-15(16)21(5,6)7/h8-10,15H,11H2,1-7H3. The van der Waals surface area contributed by atoms with Crippen LogP contribution >= 0.6 is 0 Å².